The second-order valence-electron chi connectivity index (χ2n) is 3.60. The molecule has 17 heavy (non-hydrogen) atoms. The van der Waals surface area contributed by atoms with Crippen molar-refractivity contribution in [1.29, 1.82) is 0 Å². The molecule has 0 saturated carbocycles. The second-order valence-corrected chi connectivity index (χ2v) is 3.60. The van der Waals surface area contributed by atoms with E-state index in [9.17, 15) is 10.1 Å². The van der Waals surface area contributed by atoms with E-state index in [1.54, 1.807) is 18.2 Å². The number of benzene rings is 1. The third kappa shape index (κ3) is 4.10. The molecule has 0 aliphatic rings. The van der Waals surface area contributed by atoms with E-state index in [2.05, 4.69) is 5.32 Å². The zero-order chi connectivity index (χ0) is 12.7. The summed E-state index contributed by atoms with van der Waals surface area (Å²) < 4.78 is 4.90. The first-order valence-electron chi connectivity index (χ1n) is 5.24. The minimum absolute atomic E-state index is 0.0749. The fraction of sp³-hybridized carbons (Fsp3) is 0.455. The lowest BCUT2D eigenvalue weighted by Gasteiger charge is -2.14. The number of ether oxygens (including phenoxy) is 1. The van der Waals surface area contributed by atoms with Crippen molar-refractivity contribution in [2.24, 2.45) is 0 Å². The zero-order valence-electron chi connectivity index (χ0n) is 9.63. The molecule has 0 saturated heterocycles. The van der Waals surface area contributed by atoms with E-state index in [4.69, 9.17) is 9.84 Å². The molecule has 0 aliphatic carbocycles. The molecule has 6 heteroatoms. The van der Waals surface area contributed by atoms with E-state index < -0.39 is 4.92 Å². The summed E-state index contributed by atoms with van der Waals surface area (Å²) in [6.45, 7) is 0.608. The van der Waals surface area contributed by atoms with Crippen molar-refractivity contribution in [3.05, 3.63) is 39.9 Å². The highest BCUT2D eigenvalue weighted by Crippen LogP contribution is 2.17. The number of nitrogens with one attached hydrogen (secondary N) is 1. The van der Waals surface area contributed by atoms with Crippen molar-refractivity contribution in [2.75, 3.05) is 20.3 Å². The average Bonchev–Trinajstić information content (AvgIpc) is 2.34. The number of aliphatic hydroxyl groups excluding tert-OH is 1. The Balaban J connectivity index is 2.65. The SMILES string of the molecule is COCC(CO)NCc1ccccc1[N+](=O)[O-]. The number of rotatable bonds is 7. The van der Waals surface area contributed by atoms with Crippen molar-refractivity contribution in [1.82, 2.24) is 5.32 Å². The van der Waals surface area contributed by atoms with E-state index in [-0.39, 0.29) is 18.3 Å². The van der Waals surface area contributed by atoms with Crippen LogP contribution in [0.3, 0.4) is 0 Å². The second kappa shape index (κ2) is 6.95. The molecule has 0 radical (unpaired) electrons. The molecule has 94 valence electrons. The topological polar surface area (TPSA) is 84.6 Å². The van der Waals surface area contributed by atoms with Crippen LogP contribution in [-0.2, 0) is 11.3 Å². The Labute approximate surface area is 99.4 Å². The van der Waals surface area contributed by atoms with Crippen LogP contribution in [0.2, 0.25) is 0 Å². The van der Waals surface area contributed by atoms with Crippen LogP contribution < -0.4 is 5.32 Å². The predicted octanol–water partition coefficient (Wildman–Crippen LogP) is 0.692. The van der Waals surface area contributed by atoms with Gasteiger partial charge in [-0.1, -0.05) is 18.2 Å². The highest BCUT2D eigenvalue weighted by molar-refractivity contribution is 5.39. The van der Waals surface area contributed by atoms with Crippen LogP contribution in [0, 0.1) is 10.1 Å². The van der Waals surface area contributed by atoms with Crippen LogP contribution in [0.25, 0.3) is 0 Å². The van der Waals surface area contributed by atoms with Gasteiger partial charge in [-0.05, 0) is 0 Å². The summed E-state index contributed by atoms with van der Waals surface area (Å²) >= 11 is 0. The molecule has 6 nitrogen and oxygen atoms in total. The van der Waals surface area contributed by atoms with Gasteiger partial charge < -0.3 is 15.2 Å². The van der Waals surface area contributed by atoms with Crippen LogP contribution in [0.1, 0.15) is 5.56 Å². The molecule has 0 aromatic heterocycles. The molecule has 0 amide bonds. The molecule has 1 aromatic rings. The van der Waals surface area contributed by atoms with E-state index in [0.29, 0.717) is 18.7 Å². The number of nitrogens with zero attached hydrogens (tertiary/aromatic N) is 1. The lowest BCUT2D eigenvalue weighted by Crippen LogP contribution is -2.36. The van der Waals surface area contributed by atoms with Gasteiger partial charge in [0.15, 0.2) is 0 Å². The third-order valence-corrected chi connectivity index (χ3v) is 2.36. The highest BCUT2D eigenvalue weighted by atomic mass is 16.6. The standard InChI is InChI=1S/C11H16N2O4/c1-17-8-10(7-14)12-6-9-4-2-3-5-11(9)13(15)16/h2-5,10,12,14H,6-8H2,1H3. The number of para-hydroxylation sites is 1. The van der Waals surface area contributed by atoms with Gasteiger partial charge in [0.05, 0.1) is 24.2 Å². The highest BCUT2D eigenvalue weighted by Gasteiger charge is 2.13. The van der Waals surface area contributed by atoms with Gasteiger partial charge in [-0.2, -0.15) is 0 Å². The number of nitro benzene ring substituents is 1. The zero-order valence-corrected chi connectivity index (χ0v) is 9.63. The molecular formula is C11H16N2O4. The number of hydrogen-bond donors (Lipinski definition) is 2. The maximum atomic E-state index is 10.8. The summed E-state index contributed by atoms with van der Waals surface area (Å²) in [5, 5.41) is 22.8. The van der Waals surface area contributed by atoms with Gasteiger partial charge in [0.2, 0.25) is 0 Å². The van der Waals surface area contributed by atoms with Crippen LogP contribution in [0.5, 0.6) is 0 Å². The molecule has 0 heterocycles. The Morgan fingerprint density at radius 2 is 2.24 bits per heavy atom. The van der Waals surface area contributed by atoms with Crippen LogP contribution in [0.15, 0.2) is 24.3 Å². The summed E-state index contributed by atoms with van der Waals surface area (Å²) in [5.74, 6) is 0. The Morgan fingerprint density at radius 3 is 2.82 bits per heavy atom. The molecule has 0 fully saturated rings. The minimum Gasteiger partial charge on any atom is -0.395 e. The lowest BCUT2D eigenvalue weighted by atomic mass is 10.1. The lowest BCUT2D eigenvalue weighted by molar-refractivity contribution is -0.385. The van der Waals surface area contributed by atoms with Crippen LogP contribution in [0.4, 0.5) is 5.69 Å². The maximum absolute atomic E-state index is 10.8. The van der Waals surface area contributed by atoms with Crippen molar-refractivity contribution in [3.8, 4) is 0 Å². The van der Waals surface area contributed by atoms with Crippen LogP contribution in [-0.4, -0.2) is 36.4 Å². The molecule has 1 aromatic carbocycles. The average molecular weight is 240 g/mol. The van der Waals surface area contributed by atoms with Crippen molar-refractivity contribution >= 4 is 5.69 Å². The monoisotopic (exact) mass is 240 g/mol. The summed E-state index contributed by atoms with van der Waals surface area (Å²) in [5.41, 5.74) is 0.668. The number of methoxy groups -OCH3 is 1. The van der Waals surface area contributed by atoms with Gasteiger partial charge >= 0.3 is 0 Å². The van der Waals surface area contributed by atoms with Crippen molar-refractivity contribution < 1.29 is 14.8 Å². The van der Waals surface area contributed by atoms with Gasteiger partial charge in [-0.15, -0.1) is 0 Å². The normalized spacial score (nSPS) is 12.4. The Kier molecular flexibility index (Phi) is 5.55. The summed E-state index contributed by atoms with van der Waals surface area (Å²) in [4.78, 5) is 10.4. The Bertz CT molecular complexity index is 370. The summed E-state index contributed by atoms with van der Waals surface area (Å²) in [6.07, 6.45) is 0. The van der Waals surface area contributed by atoms with Gasteiger partial charge in [0.25, 0.3) is 5.69 Å². The summed E-state index contributed by atoms with van der Waals surface area (Å²) in [6, 6.07) is 6.29. The fourth-order valence-electron chi connectivity index (χ4n) is 1.47. The van der Waals surface area contributed by atoms with Crippen molar-refractivity contribution in [3.63, 3.8) is 0 Å². The number of aliphatic hydroxyl groups is 1. The smallest absolute Gasteiger partial charge is 0.273 e. The molecule has 0 aliphatic heterocycles. The first kappa shape index (κ1) is 13.6. The number of hydrogen-bond acceptors (Lipinski definition) is 5. The Hall–Kier alpha value is -1.50. The third-order valence-electron chi connectivity index (χ3n) is 2.36. The van der Waals surface area contributed by atoms with E-state index >= 15 is 0 Å². The van der Waals surface area contributed by atoms with Gasteiger partial charge in [-0.3, -0.25) is 10.1 Å². The predicted molar refractivity (Wildman–Crippen MR) is 62.7 cm³/mol. The molecular weight excluding hydrogens is 224 g/mol. The Morgan fingerprint density at radius 1 is 1.53 bits per heavy atom. The molecule has 0 spiro atoms. The van der Waals surface area contributed by atoms with Gasteiger partial charge in [-0.25, -0.2) is 0 Å². The van der Waals surface area contributed by atoms with Crippen LogP contribution >= 0.6 is 0 Å². The fourth-order valence-corrected chi connectivity index (χ4v) is 1.47. The van der Waals surface area contributed by atoms with Gasteiger partial charge in [0, 0.05) is 25.3 Å². The molecule has 1 atom stereocenters. The quantitative estimate of drug-likeness (QED) is 0.541. The first-order valence-corrected chi connectivity index (χ1v) is 5.24. The first-order chi connectivity index (χ1) is 8.19. The largest absolute Gasteiger partial charge is 0.395 e. The summed E-state index contributed by atoms with van der Waals surface area (Å²) in [7, 11) is 1.54. The molecule has 2 N–H and O–H groups in total. The van der Waals surface area contributed by atoms with E-state index in [1.165, 1.54) is 13.2 Å². The maximum Gasteiger partial charge on any atom is 0.273 e. The number of nitro groups is 1. The van der Waals surface area contributed by atoms with E-state index in [0.717, 1.165) is 0 Å². The van der Waals surface area contributed by atoms with E-state index in [1.807, 2.05) is 0 Å². The molecule has 0 bridgehead atoms. The minimum atomic E-state index is -0.415. The van der Waals surface area contributed by atoms with Gasteiger partial charge in [0.1, 0.15) is 0 Å². The molecule has 1 unspecified atom stereocenters. The van der Waals surface area contributed by atoms with Crippen molar-refractivity contribution in [2.45, 2.75) is 12.6 Å². The molecule has 1 rings (SSSR count).